The molecule has 0 aromatic carbocycles. The van der Waals surface area contributed by atoms with Gasteiger partial charge in [0.15, 0.2) is 5.82 Å². The highest BCUT2D eigenvalue weighted by Crippen LogP contribution is 2.35. The Labute approximate surface area is 286 Å². The number of nitrogens with one attached hydrogen (secondary N) is 2. The third-order valence-corrected chi connectivity index (χ3v) is 10.0. The number of unbranched alkanes of at least 4 members (excludes halogenated alkanes) is 20. The lowest BCUT2D eigenvalue weighted by Gasteiger charge is -2.13. The Morgan fingerprint density at radius 1 is 0.723 bits per heavy atom. The van der Waals surface area contributed by atoms with Crippen molar-refractivity contribution < 1.29 is 4.79 Å². The fourth-order valence-electron chi connectivity index (χ4n) is 6.96. The molecule has 0 radical (unpaired) electrons. The van der Waals surface area contributed by atoms with Crippen LogP contribution in [0.15, 0.2) is 16.1 Å². The molecule has 8 nitrogen and oxygen atoms in total. The van der Waals surface area contributed by atoms with Crippen molar-refractivity contribution in [3.05, 3.63) is 16.8 Å². The molecule has 2 unspecified atom stereocenters. The van der Waals surface area contributed by atoms with Gasteiger partial charge in [0.1, 0.15) is 23.5 Å². The molecule has 0 saturated heterocycles. The minimum absolute atomic E-state index is 0.0240. The molecule has 2 N–H and O–H groups in total. The van der Waals surface area contributed by atoms with Gasteiger partial charge in [-0.15, -0.1) is 0 Å². The van der Waals surface area contributed by atoms with Crippen LogP contribution in [0.5, 0.6) is 0 Å². The van der Waals surface area contributed by atoms with Crippen LogP contribution in [0.3, 0.4) is 0 Å². The second kappa shape index (κ2) is 22.8. The molecule has 2 aromatic rings. The van der Waals surface area contributed by atoms with Gasteiger partial charge in [-0.2, -0.15) is 0 Å². The van der Waals surface area contributed by atoms with Gasteiger partial charge < -0.3 is 10.3 Å². The normalized spacial score (nSPS) is 13.6. The topological polar surface area (TPSA) is 97.1 Å². The standard InChI is InChI=1S/C39H68N6O2/c1-5-7-9-11-13-15-16-17-18-20-21-23-25-27-32(3)29-44-37-35(43-39(44)47)34-36(40-30-41-37)45(31-42-34)38(46)33(4)28-26-24-22-19-14-12-10-8-6-2/h30-33H,5-29H2,1-4H3,(H,40,41)(H,43,47). The minimum Gasteiger partial charge on any atom is -0.330 e. The van der Waals surface area contributed by atoms with E-state index in [2.05, 4.69) is 41.0 Å². The van der Waals surface area contributed by atoms with Crippen molar-refractivity contribution in [2.45, 2.75) is 188 Å². The van der Waals surface area contributed by atoms with Gasteiger partial charge >= 0.3 is 5.69 Å². The lowest BCUT2D eigenvalue weighted by Crippen LogP contribution is -2.21. The molecule has 2 atom stereocenters. The first-order valence-electron chi connectivity index (χ1n) is 19.7. The molecule has 8 heteroatoms. The highest BCUT2D eigenvalue weighted by molar-refractivity contribution is 5.95. The van der Waals surface area contributed by atoms with Gasteiger partial charge in [0, 0.05) is 12.5 Å². The summed E-state index contributed by atoms with van der Waals surface area (Å²) in [6.07, 6.45) is 34.2. The van der Waals surface area contributed by atoms with Crippen molar-refractivity contribution in [3.8, 4) is 11.4 Å². The van der Waals surface area contributed by atoms with E-state index in [9.17, 15) is 9.59 Å². The average molecular weight is 653 g/mol. The molecular weight excluding hydrogens is 584 g/mol. The summed E-state index contributed by atoms with van der Waals surface area (Å²) < 4.78 is 3.34. The molecule has 0 fully saturated rings. The number of hydrogen-bond acceptors (Lipinski definition) is 5. The van der Waals surface area contributed by atoms with Crippen molar-refractivity contribution in [2.75, 3.05) is 5.32 Å². The van der Waals surface area contributed by atoms with Crippen LogP contribution in [0, 0.1) is 11.8 Å². The average Bonchev–Trinajstić information content (AvgIpc) is 3.56. The molecule has 266 valence electrons. The number of fused-ring (bicyclic) bond motifs is 3. The summed E-state index contributed by atoms with van der Waals surface area (Å²) in [5, 5.41) is 3.18. The number of anilines is 1. The molecule has 0 amide bonds. The lowest BCUT2D eigenvalue weighted by molar-refractivity contribution is 0.0839. The number of carbonyl (C=O) groups is 1. The summed E-state index contributed by atoms with van der Waals surface area (Å²) in [6, 6.07) is 0. The molecule has 0 aliphatic carbocycles. The van der Waals surface area contributed by atoms with Crippen LogP contribution in [-0.2, 0) is 6.54 Å². The molecule has 3 heterocycles. The molecule has 0 spiro atoms. The summed E-state index contributed by atoms with van der Waals surface area (Å²) in [6.45, 7) is 9.38. The summed E-state index contributed by atoms with van der Waals surface area (Å²) in [4.78, 5) is 38.7. The Morgan fingerprint density at radius 3 is 1.74 bits per heavy atom. The van der Waals surface area contributed by atoms with Gasteiger partial charge in [-0.05, 0) is 18.8 Å². The van der Waals surface area contributed by atoms with E-state index in [-0.39, 0.29) is 17.5 Å². The van der Waals surface area contributed by atoms with E-state index in [0.29, 0.717) is 35.5 Å². The number of nitrogens with zero attached hydrogens (tertiary/aromatic N) is 4. The molecule has 3 rings (SSSR count). The second-order valence-corrected chi connectivity index (χ2v) is 14.4. The van der Waals surface area contributed by atoms with E-state index in [4.69, 9.17) is 0 Å². The van der Waals surface area contributed by atoms with Crippen LogP contribution in [0.4, 0.5) is 11.6 Å². The number of rotatable bonds is 27. The highest BCUT2D eigenvalue weighted by atomic mass is 16.2. The number of aliphatic imine (C=N–C) groups is 1. The minimum atomic E-state index is -0.170. The SMILES string of the molecule is CCCCCCCCCCCCCCCC(C)Cn1c2c([nH]c1=O)-c1ncn(C(=O)C(C)CCCCCCCCCCC)c1NC=N2. The van der Waals surface area contributed by atoms with Gasteiger partial charge in [0.05, 0.1) is 6.34 Å². The smallest absolute Gasteiger partial charge is 0.327 e. The van der Waals surface area contributed by atoms with Crippen LogP contribution in [0.1, 0.15) is 187 Å². The number of H-pyrrole nitrogens is 1. The largest absolute Gasteiger partial charge is 0.330 e. The van der Waals surface area contributed by atoms with Crippen molar-refractivity contribution in [1.82, 2.24) is 19.1 Å². The molecule has 1 aliphatic heterocycles. The first-order chi connectivity index (χ1) is 23.0. The summed E-state index contributed by atoms with van der Waals surface area (Å²) in [7, 11) is 0. The molecule has 2 aromatic heterocycles. The highest BCUT2D eigenvalue weighted by Gasteiger charge is 2.27. The van der Waals surface area contributed by atoms with Crippen LogP contribution >= 0.6 is 0 Å². The first-order valence-corrected chi connectivity index (χ1v) is 19.7. The van der Waals surface area contributed by atoms with E-state index in [1.807, 2.05) is 6.92 Å². The zero-order chi connectivity index (χ0) is 33.7. The molecular formula is C39H68N6O2. The van der Waals surface area contributed by atoms with Gasteiger partial charge in [-0.3, -0.25) is 13.9 Å². The predicted molar refractivity (Wildman–Crippen MR) is 199 cm³/mol. The zero-order valence-electron chi connectivity index (χ0n) is 30.6. The number of aromatic nitrogens is 4. The molecule has 47 heavy (non-hydrogen) atoms. The first kappa shape index (κ1) is 38.8. The Hall–Kier alpha value is -2.64. The van der Waals surface area contributed by atoms with Gasteiger partial charge in [0.25, 0.3) is 0 Å². The van der Waals surface area contributed by atoms with Gasteiger partial charge in [-0.25, -0.2) is 14.8 Å². The van der Waals surface area contributed by atoms with Crippen LogP contribution in [0.25, 0.3) is 11.4 Å². The van der Waals surface area contributed by atoms with E-state index in [1.54, 1.807) is 21.8 Å². The van der Waals surface area contributed by atoms with Crippen molar-refractivity contribution in [2.24, 2.45) is 16.8 Å². The van der Waals surface area contributed by atoms with E-state index >= 15 is 0 Å². The zero-order valence-corrected chi connectivity index (χ0v) is 30.6. The summed E-state index contributed by atoms with van der Waals surface area (Å²) in [5.41, 5.74) is 0.982. The number of aromatic amines is 1. The van der Waals surface area contributed by atoms with Crippen LogP contribution in [0.2, 0.25) is 0 Å². The fourth-order valence-corrected chi connectivity index (χ4v) is 6.96. The van der Waals surface area contributed by atoms with Crippen LogP contribution in [-0.4, -0.2) is 31.3 Å². The number of hydrogen-bond donors (Lipinski definition) is 2. The maximum Gasteiger partial charge on any atom is 0.327 e. The Balaban J connectivity index is 1.40. The fraction of sp³-hybridized carbons (Fsp3) is 0.795. The van der Waals surface area contributed by atoms with Gasteiger partial charge in [-0.1, -0.05) is 169 Å². The third-order valence-electron chi connectivity index (χ3n) is 10.0. The lowest BCUT2D eigenvalue weighted by atomic mass is 10.0. The maximum absolute atomic E-state index is 13.4. The van der Waals surface area contributed by atoms with Gasteiger partial charge in [0.2, 0.25) is 5.91 Å². The number of carbonyl (C=O) groups excluding carboxylic acids is 1. The van der Waals surface area contributed by atoms with E-state index in [1.165, 1.54) is 135 Å². The monoisotopic (exact) mass is 653 g/mol. The molecule has 0 bridgehead atoms. The van der Waals surface area contributed by atoms with E-state index in [0.717, 1.165) is 19.3 Å². The summed E-state index contributed by atoms with van der Waals surface area (Å²) in [5.74, 6) is 1.45. The second-order valence-electron chi connectivity index (χ2n) is 14.4. The molecule has 0 saturated carbocycles. The van der Waals surface area contributed by atoms with Crippen LogP contribution < -0.4 is 11.0 Å². The predicted octanol–water partition coefficient (Wildman–Crippen LogP) is 11.4. The van der Waals surface area contributed by atoms with E-state index < -0.39 is 0 Å². The van der Waals surface area contributed by atoms with Crippen molar-refractivity contribution >= 4 is 23.9 Å². The quantitative estimate of drug-likeness (QED) is 0.0938. The van der Waals surface area contributed by atoms with Crippen molar-refractivity contribution in [1.29, 1.82) is 0 Å². The maximum atomic E-state index is 13.4. The Morgan fingerprint density at radius 2 is 1.21 bits per heavy atom. The summed E-state index contributed by atoms with van der Waals surface area (Å²) >= 11 is 0. The molecule has 1 aliphatic rings. The number of imidazole rings is 2. The Kier molecular flexibility index (Phi) is 18.9. The third kappa shape index (κ3) is 13.4. The Bertz CT molecular complexity index is 1220. The van der Waals surface area contributed by atoms with Crippen molar-refractivity contribution in [3.63, 3.8) is 0 Å².